The van der Waals surface area contributed by atoms with E-state index in [9.17, 15) is 9.59 Å². The van der Waals surface area contributed by atoms with Crippen molar-refractivity contribution < 1.29 is 33.3 Å². The number of esters is 1. The minimum atomic E-state index is -0.934. The normalized spacial score (nSPS) is 19.0. The predicted octanol–water partition coefficient (Wildman–Crippen LogP) is 2.19. The summed E-state index contributed by atoms with van der Waals surface area (Å²) < 4.78 is 27.7. The van der Waals surface area contributed by atoms with Crippen LogP contribution in [0.5, 0.6) is 23.0 Å². The molecule has 2 aromatic rings. The zero-order chi connectivity index (χ0) is 21.1. The van der Waals surface area contributed by atoms with Crippen molar-refractivity contribution in [1.82, 2.24) is 4.90 Å². The smallest absolute Gasteiger partial charge is 0.351 e. The Labute approximate surface area is 174 Å². The van der Waals surface area contributed by atoms with Crippen LogP contribution in [0.1, 0.15) is 12.5 Å². The average Bonchev–Trinajstić information content (AvgIpc) is 2.76. The number of amides is 1. The van der Waals surface area contributed by atoms with Crippen molar-refractivity contribution in [2.75, 3.05) is 26.9 Å². The fraction of sp³-hybridized carbons (Fsp3) is 0.364. The molecular weight excluding hydrogens is 390 g/mol. The van der Waals surface area contributed by atoms with E-state index in [1.165, 1.54) is 4.90 Å². The van der Waals surface area contributed by atoms with E-state index in [1.807, 2.05) is 24.3 Å². The van der Waals surface area contributed by atoms with Gasteiger partial charge in [0, 0.05) is 13.6 Å². The van der Waals surface area contributed by atoms with Gasteiger partial charge in [0.25, 0.3) is 5.91 Å². The number of carbonyl (C=O) groups excluding carboxylic acids is 2. The van der Waals surface area contributed by atoms with Crippen LogP contribution in [0.3, 0.4) is 0 Å². The molecule has 0 N–H and O–H groups in total. The van der Waals surface area contributed by atoms with Gasteiger partial charge in [-0.05, 0) is 36.8 Å². The summed E-state index contributed by atoms with van der Waals surface area (Å²) in [6.45, 7) is 2.71. The van der Waals surface area contributed by atoms with E-state index in [0.717, 1.165) is 5.56 Å². The van der Waals surface area contributed by atoms with Crippen molar-refractivity contribution in [2.24, 2.45) is 0 Å². The highest BCUT2D eigenvalue weighted by Crippen LogP contribution is 2.34. The number of carbonyl (C=O) groups is 2. The third-order valence-electron chi connectivity index (χ3n) is 4.86. The van der Waals surface area contributed by atoms with Crippen molar-refractivity contribution in [3.05, 3.63) is 48.0 Å². The second kappa shape index (κ2) is 8.52. The van der Waals surface area contributed by atoms with Gasteiger partial charge >= 0.3 is 5.97 Å². The van der Waals surface area contributed by atoms with Crippen molar-refractivity contribution in [3.8, 4) is 23.0 Å². The summed E-state index contributed by atoms with van der Waals surface area (Å²) in [7, 11) is 1.64. The van der Waals surface area contributed by atoms with Gasteiger partial charge in [-0.25, -0.2) is 4.79 Å². The predicted molar refractivity (Wildman–Crippen MR) is 106 cm³/mol. The zero-order valence-corrected chi connectivity index (χ0v) is 16.8. The zero-order valence-electron chi connectivity index (χ0n) is 16.8. The Morgan fingerprint density at radius 2 is 1.70 bits per heavy atom. The van der Waals surface area contributed by atoms with E-state index < -0.39 is 18.2 Å². The Bertz CT molecular complexity index is 945. The van der Waals surface area contributed by atoms with Crippen LogP contribution in [0.4, 0.5) is 0 Å². The van der Waals surface area contributed by atoms with E-state index >= 15 is 0 Å². The lowest BCUT2D eigenvalue weighted by atomic mass is 10.2. The molecule has 2 aliphatic rings. The molecule has 30 heavy (non-hydrogen) atoms. The van der Waals surface area contributed by atoms with Crippen molar-refractivity contribution in [1.29, 1.82) is 0 Å². The summed E-state index contributed by atoms with van der Waals surface area (Å²) in [5.41, 5.74) is 0.885. The van der Waals surface area contributed by atoms with Crippen molar-refractivity contribution >= 4 is 11.9 Å². The Balaban J connectivity index is 1.30. The number of likely N-dealkylation sites (N-methyl/N-ethyl adjacent to an activating group) is 1. The lowest BCUT2D eigenvalue weighted by molar-refractivity contribution is -0.162. The number of hydrogen-bond acceptors (Lipinski definition) is 7. The maximum Gasteiger partial charge on any atom is 0.351 e. The highest BCUT2D eigenvalue weighted by molar-refractivity contribution is 5.82. The number of nitrogens with zero attached hydrogens (tertiary/aromatic N) is 1. The van der Waals surface area contributed by atoms with Gasteiger partial charge in [-0.3, -0.25) is 4.79 Å². The molecule has 0 bridgehead atoms. The maximum absolute atomic E-state index is 12.4. The highest BCUT2D eigenvalue weighted by atomic mass is 16.6. The Hall–Kier alpha value is -3.42. The monoisotopic (exact) mass is 413 g/mol. The van der Waals surface area contributed by atoms with E-state index in [0.29, 0.717) is 42.8 Å². The molecule has 1 amide bonds. The second-order valence-corrected chi connectivity index (χ2v) is 7.14. The highest BCUT2D eigenvalue weighted by Gasteiger charge is 2.35. The number of benzene rings is 2. The summed E-state index contributed by atoms with van der Waals surface area (Å²) in [5.74, 6) is 1.43. The molecule has 8 heteroatoms. The van der Waals surface area contributed by atoms with Gasteiger partial charge in [0.2, 0.25) is 6.10 Å². The van der Waals surface area contributed by atoms with Gasteiger partial charge in [0.15, 0.2) is 29.6 Å². The maximum atomic E-state index is 12.4. The lowest BCUT2D eigenvalue weighted by Gasteiger charge is -2.30. The van der Waals surface area contributed by atoms with Gasteiger partial charge in [0.1, 0.15) is 19.3 Å². The van der Waals surface area contributed by atoms with E-state index in [2.05, 4.69) is 0 Å². The topological polar surface area (TPSA) is 83.5 Å². The summed E-state index contributed by atoms with van der Waals surface area (Å²) >= 11 is 0. The van der Waals surface area contributed by atoms with Crippen molar-refractivity contribution in [3.63, 3.8) is 0 Å². The van der Waals surface area contributed by atoms with Crippen molar-refractivity contribution in [2.45, 2.75) is 25.7 Å². The number of ether oxygens (including phenoxy) is 5. The van der Waals surface area contributed by atoms with Crippen LogP contribution >= 0.6 is 0 Å². The number of para-hydroxylation sites is 2. The molecule has 0 saturated heterocycles. The number of hydrogen-bond donors (Lipinski definition) is 0. The van der Waals surface area contributed by atoms with E-state index in [1.54, 1.807) is 32.2 Å². The Kier molecular flexibility index (Phi) is 5.65. The van der Waals surface area contributed by atoms with Crippen LogP contribution in [0.2, 0.25) is 0 Å². The fourth-order valence-electron chi connectivity index (χ4n) is 3.25. The van der Waals surface area contributed by atoms with Crippen LogP contribution in [-0.4, -0.2) is 55.9 Å². The first-order chi connectivity index (χ1) is 14.5. The molecule has 0 spiro atoms. The molecule has 2 atom stereocenters. The van der Waals surface area contributed by atoms with Crippen LogP contribution < -0.4 is 18.9 Å². The molecule has 0 radical (unpaired) electrons. The molecule has 0 fully saturated rings. The summed E-state index contributed by atoms with van der Waals surface area (Å²) in [6, 6.07) is 12.6. The number of rotatable bonds is 5. The summed E-state index contributed by atoms with van der Waals surface area (Å²) in [5, 5.41) is 0. The third kappa shape index (κ3) is 4.27. The molecular formula is C22H23NO7. The van der Waals surface area contributed by atoms with Crippen LogP contribution in [0.15, 0.2) is 42.5 Å². The first-order valence-corrected chi connectivity index (χ1v) is 9.73. The quantitative estimate of drug-likeness (QED) is 0.695. The molecule has 4 rings (SSSR count). The minimum absolute atomic E-state index is 0.331. The summed E-state index contributed by atoms with van der Waals surface area (Å²) in [6.07, 6.45) is -1.46. The van der Waals surface area contributed by atoms with Crippen LogP contribution in [0, 0.1) is 0 Å². The van der Waals surface area contributed by atoms with E-state index in [4.69, 9.17) is 23.7 Å². The molecule has 0 aliphatic carbocycles. The van der Waals surface area contributed by atoms with Gasteiger partial charge < -0.3 is 28.6 Å². The lowest BCUT2D eigenvalue weighted by Crippen LogP contribution is -2.45. The molecule has 8 nitrogen and oxygen atoms in total. The molecule has 2 aliphatic heterocycles. The SMILES string of the molecule is C[C@@H]1Oc2ccccc2O[C@@H]1C(=O)OCC(=O)N(C)Cc1ccc2c(c1)OCCO2. The molecule has 158 valence electrons. The standard InChI is InChI=1S/C22H23NO7/c1-14-21(30-18-6-4-3-5-17(18)29-14)22(25)28-13-20(24)23(2)12-15-7-8-16-19(11-15)27-10-9-26-16/h3-8,11,14,21H,9-10,12-13H2,1-2H3/t14-,21-/m0/s1. The fourth-order valence-corrected chi connectivity index (χ4v) is 3.25. The Morgan fingerprint density at radius 1 is 1.00 bits per heavy atom. The molecule has 0 aromatic heterocycles. The van der Waals surface area contributed by atoms with Crippen LogP contribution in [-0.2, 0) is 20.9 Å². The Morgan fingerprint density at radius 3 is 2.47 bits per heavy atom. The largest absolute Gasteiger partial charge is 0.486 e. The first kappa shape index (κ1) is 19.9. The van der Waals surface area contributed by atoms with E-state index in [-0.39, 0.29) is 12.5 Å². The van der Waals surface area contributed by atoms with Gasteiger partial charge in [0.05, 0.1) is 0 Å². The molecule has 2 heterocycles. The number of fused-ring (bicyclic) bond motifs is 2. The second-order valence-electron chi connectivity index (χ2n) is 7.14. The molecule has 0 unspecified atom stereocenters. The van der Waals surface area contributed by atoms with Gasteiger partial charge in [-0.15, -0.1) is 0 Å². The van der Waals surface area contributed by atoms with Gasteiger partial charge in [-0.2, -0.15) is 0 Å². The first-order valence-electron chi connectivity index (χ1n) is 9.73. The van der Waals surface area contributed by atoms with Gasteiger partial charge in [-0.1, -0.05) is 18.2 Å². The third-order valence-corrected chi connectivity index (χ3v) is 4.86. The van der Waals surface area contributed by atoms with Crippen LogP contribution in [0.25, 0.3) is 0 Å². The summed E-state index contributed by atoms with van der Waals surface area (Å²) in [4.78, 5) is 26.3. The minimum Gasteiger partial charge on any atom is -0.486 e. The molecule has 0 saturated carbocycles. The average molecular weight is 413 g/mol. The molecule has 2 aromatic carbocycles.